The van der Waals surface area contributed by atoms with Crippen molar-refractivity contribution in [3.8, 4) is 11.1 Å². The van der Waals surface area contributed by atoms with Crippen LogP contribution in [0.3, 0.4) is 0 Å². The molecule has 0 fully saturated rings. The van der Waals surface area contributed by atoms with Crippen molar-refractivity contribution in [1.82, 2.24) is 29.3 Å². The first-order chi connectivity index (χ1) is 16.3. The molecule has 0 bridgehead atoms. The Morgan fingerprint density at radius 1 is 1.00 bits per heavy atom. The molecule has 4 aromatic rings. The Morgan fingerprint density at radius 3 is 2.53 bits per heavy atom. The Morgan fingerprint density at radius 2 is 1.79 bits per heavy atom. The highest BCUT2D eigenvalue weighted by atomic mass is 32.2. The second-order valence-corrected chi connectivity index (χ2v) is 10.8. The van der Waals surface area contributed by atoms with Gasteiger partial charge in [0, 0.05) is 71.2 Å². The standard InChI is InChI=1S/C25H26N6O2S/c1-30-14-18(10-27-30)11-29-34(3,33)16-17-4-5-19-6-7-24-23(25(32)22(19)8-17)9-20(12-26-24)21-13-28-31(2)15-21/h4-10,12-15,25,32H,3,11,16H2,1-2H3,(H,29,33). The van der Waals surface area contributed by atoms with Gasteiger partial charge in [-0.2, -0.15) is 10.2 Å². The highest BCUT2D eigenvalue weighted by Crippen LogP contribution is 2.34. The Hall–Kier alpha value is -3.53. The predicted molar refractivity (Wildman–Crippen MR) is 135 cm³/mol. The highest BCUT2D eigenvalue weighted by molar-refractivity contribution is 7.97. The molecule has 3 aromatic heterocycles. The molecule has 1 aliphatic carbocycles. The van der Waals surface area contributed by atoms with Crippen molar-refractivity contribution in [1.29, 1.82) is 0 Å². The van der Waals surface area contributed by atoms with E-state index in [2.05, 4.69) is 25.8 Å². The van der Waals surface area contributed by atoms with E-state index in [9.17, 15) is 9.32 Å². The second-order valence-electron chi connectivity index (χ2n) is 8.60. The van der Waals surface area contributed by atoms with Gasteiger partial charge in [-0.1, -0.05) is 24.3 Å². The fraction of sp³-hybridized carbons (Fsp3) is 0.200. The molecule has 3 heterocycles. The average molecular weight is 475 g/mol. The molecular formula is C25H26N6O2S. The highest BCUT2D eigenvalue weighted by Gasteiger charge is 2.22. The number of aliphatic hydroxyl groups is 1. The van der Waals surface area contributed by atoms with Crippen molar-refractivity contribution in [3.63, 3.8) is 0 Å². The van der Waals surface area contributed by atoms with E-state index < -0.39 is 15.8 Å². The first-order valence-corrected chi connectivity index (χ1v) is 12.7. The van der Waals surface area contributed by atoms with Crippen LogP contribution in [0.25, 0.3) is 23.3 Å². The van der Waals surface area contributed by atoms with Crippen LogP contribution in [0.1, 0.15) is 39.6 Å². The van der Waals surface area contributed by atoms with Gasteiger partial charge in [0.05, 0.1) is 23.8 Å². The van der Waals surface area contributed by atoms with Crippen LogP contribution in [-0.4, -0.2) is 39.7 Å². The number of rotatable bonds is 6. The Labute approximate surface area is 198 Å². The largest absolute Gasteiger partial charge is 0.384 e. The molecule has 0 radical (unpaired) electrons. The molecule has 2 atom stereocenters. The smallest absolute Gasteiger partial charge is 0.107 e. The number of hydrogen-bond donors (Lipinski definition) is 2. The van der Waals surface area contributed by atoms with Crippen molar-refractivity contribution in [2.75, 3.05) is 0 Å². The number of hydrogen-bond acceptors (Lipinski definition) is 5. The van der Waals surface area contributed by atoms with Crippen molar-refractivity contribution >= 4 is 27.7 Å². The van der Waals surface area contributed by atoms with Gasteiger partial charge in [0.1, 0.15) is 6.10 Å². The first-order valence-electron chi connectivity index (χ1n) is 10.8. The van der Waals surface area contributed by atoms with Gasteiger partial charge in [0.15, 0.2) is 0 Å². The van der Waals surface area contributed by atoms with Crippen molar-refractivity contribution in [3.05, 3.63) is 88.8 Å². The molecule has 0 aliphatic heterocycles. The number of pyridine rings is 1. The maximum atomic E-state index is 13.1. The van der Waals surface area contributed by atoms with Crippen molar-refractivity contribution in [2.45, 2.75) is 18.4 Å². The number of aromatic nitrogens is 5. The zero-order valence-corrected chi connectivity index (χ0v) is 19.9. The summed E-state index contributed by atoms with van der Waals surface area (Å²) in [5.41, 5.74) is 6.69. The van der Waals surface area contributed by atoms with E-state index in [1.807, 2.05) is 62.9 Å². The summed E-state index contributed by atoms with van der Waals surface area (Å²) in [7, 11) is 1.12. The summed E-state index contributed by atoms with van der Waals surface area (Å²) < 4.78 is 19.6. The fourth-order valence-corrected chi connectivity index (χ4v) is 5.37. The lowest BCUT2D eigenvalue weighted by molar-refractivity contribution is 0.219. The van der Waals surface area contributed by atoms with Crippen LogP contribution in [0.4, 0.5) is 0 Å². The summed E-state index contributed by atoms with van der Waals surface area (Å²) in [5, 5.41) is 19.7. The van der Waals surface area contributed by atoms with Gasteiger partial charge in [-0.25, -0.2) is 4.72 Å². The van der Waals surface area contributed by atoms with E-state index in [0.717, 1.165) is 44.6 Å². The minimum Gasteiger partial charge on any atom is -0.384 e. The molecular weight excluding hydrogens is 448 g/mol. The lowest BCUT2D eigenvalue weighted by Crippen LogP contribution is -2.24. The third-order valence-electron chi connectivity index (χ3n) is 5.85. The summed E-state index contributed by atoms with van der Waals surface area (Å²) >= 11 is 0. The number of aliphatic hydroxyl groups excluding tert-OH is 1. The molecule has 5 rings (SSSR count). The van der Waals surface area contributed by atoms with E-state index in [1.165, 1.54) is 0 Å². The van der Waals surface area contributed by atoms with Gasteiger partial charge in [-0.05, 0) is 34.7 Å². The minimum absolute atomic E-state index is 0.248. The molecule has 1 aromatic carbocycles. The number of aryl methyl sites for hydroxylation is 2. The van der Waals surface area contributed by atoms with Crippen LogP contribution >= 0.6 is 0 Å². The topological polar surface area (TPSA) is 97.9 Å². The average Bonchev–Trinajstić information content (AvgIpc) is 3.40. The maximum Gasteiger partial charge on any atom is 0.107 e. The molecule has 8 nitrogen and oxygen atoms in total. The third-order valence-corrected chi connectivity index (χ3v) is 7.32. The summed E-state index contributed by atoms with van der Waals surface area (Å²) in [6, 6.07) is 7.73. The predicted octanol–water partition coefficient (Wildman–Crippen LogP) is 2.70. The normalized spacial score (nSPS) is 16.5. The molecule has 34 heavy (non-hydrogen) atoms. The van der Waals surface area contributed by atoms with E-state index in [4.69, 9.17) is 0 Å². The van der Waals surface area contributed by atoms with Crippen molar-refractivity contribution in [2.24, 2.45) is 14.1 Å². The Balaban J connectivity index is 1.41. The van der Waals surface area contributed by atoms with E-state index in [1.54, 1.807) is 28.0 Å². The van der Waals surface area contributed by atoms with E-state index in [0.29, 0.717) is 6.54 Å². The minimum atomic E-state index is -2.59. The number of nitrogens with one attached hydrogen (secondary N) is 1. The molecule has 2 unspecified atom stereocenters. The third kappa shape index (κ3) is 4.58. The molecule has 9 heteroatoms. The van der Waals surface area contributed by atoms with Crippen LogP contribution in [0, 0.1) is 0 Å². The number of fused-ring (bicyclic) bond motifs is 2. The van der Waals surface area contributed by atoms with Crippen molar-refractivity contribution < 1.29 is 9.32 Å². The van der Waals surface area contributed by atoms with Crippen LogP contribution in [0.5, 0.6) is 0 Å². The monoisotopic (exact) mass is 474 g/mol. The van der Waals surface area contributed by atoms with Gasteiger partial charge in [0.25, 0.3) is 0 Å². The zero-order chi connectivity index (χ0) is 23.9. The molecule has 1 aliphatic rings. The van der Waals surface area contributed by atoms with Crippen LogP contribution < -0.4 is 4.72 Å². The van der Waals surface area contributed by atoms with Crippen LogP contribution in [0.2, 0.25) is 0 Å². The number of benzene rings is 1. The summed E-state index contributed by atoms with van der Waals surface area (Å²) in [5.74, 6) is 4.16. The molecule has 0 saturated carbocycles. The van der Waals surface area contributed by atoms with Crippen LogP contribution in [-0.2, 0) is 36.1 Å². The molecule has 174 valence electrons. The quantitative estimate of drug-likeness (QED) is 0.419. The summed E-state index contributed by atoms with van der Waals surface area (Å²) in [6.07, 6.45) is 12.1. The Kier molecular flexibility index (Phi) is 5.68. The van der Waals surface area contributed by atoms with Gasteiger partial charge >= 0.3 is 0 Å². The maximum absolute atomic E-state index is 13.1. The van der Waals surface area contributed by atoms with E-state index >= 15 is 0 Å². The van der Waals surface area contributed by atoms with E-state index in [-0.39, 0.29) is 5.75 Å². The summed E-state index contributed by atoms with van der Waals surface area (Å²) in [4.78, 5) is 4.58. The first kappa shape index (κ1) is 22.3. The molecule has 2 N–H and O–H groups in total. The fourth-order valence-electron chi connectivity index (χ4n) is 4.12. The lowest BCUT2D eigenvalue weighted by Gasteiger charge is -2.17. The Bertz CT molecular complexity index is 1500. The SMILES string of the molecule is C=S(=O)(Cc1ccc2c(c1)C(O)c1cc(-c3cnn(C)c3)cnc1C=C2)NCc1cnn(C)c1. The van der Waals surface area contributed by atoms with Gasteiger partial charge in [0.2, 0.25) is 0 Å². The molecule has 0 amide bonds. The van der Waals surface area contributed by atoms with Crippen LogP contribution in [0.15, 0.2) is 55.2 Å². The van der Waals surface area contributed by atoms with Gasteiger partial charge in [-0.15, -0.1) is 0 Å². The molecule has 0 spiro atoms. The lowest BCUT2D eigenvalue weighted by atomic mass is 9.95. The summed E-state index contributed by atoms with van der Waals surface area (Å²) in [6.45, 7) is 0.419. The van der Waals surface area contributed by atoms with Gasteiger partial charge in [-0.3, -0.25) is 18.6 Å². The zero-order valence-electron chi connectivity index (χ0n) is 19.0. The van der Waals surface area contributed by atoms with Gasteiger partial charge < -0.3 is 5.11 Å². The second kappa shape index (κ2) is 8.68. The molecule has 0 saturated heterocycles. The number of nitrogens with zero attached hydrogens (tertiary/aromatic N) is 5.